The molecule has 2 aromatic heterocycles. The predicted octanol–water partition coefficient (Wildman–Crippen LogP) is 2.63. The fourth-order valence-corrected chi connectivity index (χ4v) is 2.91. The van der Waals surface area contributed by atoms with Crippen LogP contribution in [0.3, 0.4) is 0 Å². The number of rotatable bonds is 4. The molecule has 3 rings (SSSR count). The quantitative estimate of drug-likeness (QED) is 0.682. The number of nitrogens with one attached hydrogen (secondary N) is 3. The fraction of sp³-hybridized carbons (Fsp3) is 0.267. The van der Waals surface area contributed by atoms with Crippen molar-refractivity contribution in [1.82, 2.24) is 9.97 Å². The number of hydrogen-bond donors (Lipinski definition) is 3. The largest absolute Gasteiger partial charge is 0.417 e. The Bertz CT molecular complexity index is 905. The molecule has 2 heterocycles. The maximum Gasteiger partial charge on any atom is 0.417 e. The smallest absolute Gasteiger partial charge is 0.408 e. The number of aromatic amines is 1. The van der Waals surface area contributed by atoms with E-state index in [2.05, 4.69) is 20.6 Å². The number of oxazole rings is 1. The molecule has 0 aliphatic carbocycles. The van der Waals surface area contributed by atoms with Crippen LogP contribution in [0.25, 0.3) is 11.1 Å². The molecule has 0 fully saturated rings. The van der Waals surface area contributed by atoms with Crippen LogP contribution in [0.1, 0.15) is 17.5 Å². The van der Waals surface area contributed by atoms with Crippen molar-refractivity contribution < 1.29 is 9.21 Å². The summed E-state index contributed by atoms with van der Waals surface area (Å²) in [6.07, 6.45) is 0. The average Bonchev–Trinajstić information content (AvgIpc) is 3.00. The number of hydrogen-bond acceptors (Lipinski definition) is 6. The first-order valence-electron chi connectivity index (χ1n) is 7.06. The molecular weight excluding hydrogens is 316 g/mol. The monoisotopic (exact) mass is 332 g/mol. The third-order valence-corrected chi connectivity index (χ3v) is 4.44. The first-order chi connectivity index (χ1) is 10.9. The zero-order chi connectivity index (χ0) is 16.6. The first kappa shape index (κ1) is 15.3. The highest BCUT2D eigenvalue weighted by atomic mass is 32.1. The maximum atomic E-state index is 12.2. The van der Waals surface area contributed by atoms with Gasteiger partial charge in [-0.2, -0.15) is 0 Å². The lowest BCUT2D eigenvalue weighted by atomic mass is 10.2. The van der Waals surface area contributed by atoms with Crippen molar-refractivity contribution in [2.24, 2.45) is 0 Å². The molecule has 1 unspecified atom stereocenters. The Balaban J connectivity index is 1.70. The SMILES string of the molecule is Cc1nc(NC(=O)C(C)Nc2ccc3oc(=O)[nH]c3c2)sc1C. The number of fused-ring (bicyclic) bond motifs is 1. The summed E-state index contributed by atoms with van der Waals surface area (Å²) in [4.78, 5) is 31.3. The van der Waals surface area contributed by atoms with Gasteiger partial charge in [0, 0.05) is 10.6 Å². The van der Waals surface area contributed by atoms with Gasteiger partial charge in [-0.25, -0.2) is 9.78 Å². The molecule has 0 saturated carbocycles. The van der Waals surface area contributed by atoms with Gasteiger partial charge >= 0.3 is 5.76 Å². The molecule has 0 bridgehead atoms. The van der Waals surface area contributed by atoms with E-state index in [0.29, 0.717) is 21.9 Å². The van der Waals surface area contributed by atoms with Crippen LogP contribution >= 0.6 is 11.3 Å². The number of anilines is 2. The van der Waals surface area contributed by atoms with Crippen molar-refractivity contribution in [3.05, 3.63) is 39.3 Å². The Kier molecular flexibility index (Phi) is 3.91. The normalized spacial score (nSPS) is 12.3. The fourth-order valence-electron chi connectivity index (χ4n) is 2.10. The Morgan fingerprint density at radius 1 is 1.39 bits per heavy atom. The number of aryl methyl sites for hydroxylation is 2. The van der Waals surface area contributed by atoms with Gasteiger partial charge < -0.3 is 15.1 Å². The minimum Gasteiger partial charge on any atom is -0.408 e. The lowest BCUT2D eigenvalue weighted by molar-refractivity contribution is -0.116. The molecule has 0 aliphatic rings. The Labute approximate surface area is 135 Å². The van der Waals surface area contributed by atoms with E-state index in [-0.39, 0.29) is 5.91 Å². The number of nitrogens with zero attached hydrogens (tertiary/aromatic N) is 1. The summed E-state index contributed by atoms with van der Waals surface area (Å²) in [6.45, 7) is 5.63. The minimum absolute atomic E-state index is 0.181. The molecule has 0 saturated heterocycles. The number of carbonyl (C=O) groups excluding carboxylic acids is 1. The van der Waals surface area contributed by atoms with E-state index in [1.165, 1.54) is 11.3 Å². The maximum absolute atomic E-state index is 12.2. The van der Waals surface area contributed by atoms with Gasteiger partial charge in [0.2, 0.25) is 5.91 Å². The van der Waals surface area contributed by atoms with Gasteiger partial charge in [0.25, 0.3) is 0 Å². The van der Waals surface area contributed by atoms with E-state index < -0.39 is 11.8 Å². The number of thiazole rings is 1. The molecule has 1 atom stereocenters. The van der Waals surface area contributed by atoms with Gasteiger partial charge in [0.15, 0.2) is 10.7 Å². The van der Waals surface area contributed by atoms with Gasteiger partial charge in [-0.3, -0.25) is 9.78 Å². The second-order valence-corrected chi connectivity index (χ2v) is 6.44. The van der Waals surface area contributed by atoms with Crippen molar-refractivity contribution in [2.45, 2.75) is 26.8 Å². The molecule has 1 aromatic carbocycles. The molecule has 23 heavy (non-hydrogen) atoms. The Morgan fingerprint density at radius 2 is 2.17 bits per heavy atom. The molecule has 0 aliphatic heterocycles. The van der Waals surface area contributed by atoms with E-state index in [9.17, 15) is 9.59 Å². The Hall–Kier alpha value is -2.61. The van der Waals surface area contributed by atoms with Gasteiger partial charge in [-0.05, 0) is 39.0 Å². The molecule has 0 spiro atoms. The third-order valence-electron chi connectivity index (χ3n) is 3.45. The summed E-state index contributed by atoms with van der Waals surface area (Å²) in [5.74, 6) is -0.683. The van der Waals surface area contributed by atoms with Gasteiger partial charge in [-0.15, -0.1) is 11.3 Å². The van der Waals surface area contributed by atoms with Crippen molar-refractivity contribution in [3.8, 4) is 0 Å². The van der Waals surface area contributed by atoms with E-state index >= 15 is 0 Å². The molecule has 1 amide bonds. The molecular formula is C15H16N4O3S. The van der Waals surface area contributed by atoms with Crippen LogP contribution in [0, 0.1) is 13.8 Å². The van der Waals surface area contributed by atoms with E-state index in [1.54, 1.807) is 25.1 Å². The molecule has 0 radical (unpaired) electrons. The molecule has 3 N–H and O–H groups in total. The van der Waals surface area contributed by atoms with Crippen molar-refractivity contribution in [2.75, 3.05) is 10.6 Å². The van der Waals surface area contributed by atoms with Crippen LogP contribution in [0.2, 0.25) is 0 Å². The lowest BCUT2D eigenvalue weighted by Crippen LogP contribution is -2.31. The number of carbonyl (C=O) groups is 1. The first-order valence-corrected chi connectivity index (χ1v) is 7.88. The third kappa shape index (κ3) is 3.26. The van der Waals surface area contributed by atoms with Crippen molar-refractivity contribution >= 4 is 39.2 Å². The standard InChI is InChI=1S/C15H16N4O3S/c1-7-9(3)23-14(17-7)19-13(20)8(2)16-10-4-5-12-11(6-10)18-15(21)22-12/h4-6,8,16H,1-3H3,(H,18,21)(H,17,19,20). The number of aromatic nitrogens is 2. The molecule has 120 valence electrons. The summed E-state index contributed by atoms with van der Waals surface area (Å²) < 4.78 is 4.94. The second kappa shape index (κ2) is 5.88. The van der Waals surface area contributed by atoms with E-state index in [4.69, 9.17) is 4.42 Å². The zero-order valence-corrected chi connectivity index (χ0v) is 13.7. The summed E-state index contributed by atoms with van der Waals surface area (Å²) in [5.41, 5.74) is 2.69. The lowest BCUT2D eigenvalue weighted by Gasteiger charge is -2.14. The van der Waals surface area contributed by atoms with Crippen LogP contribution in [-0.2, 0) is 4.79 Å². The van der Waals surface area contributed by atoms with Gasteiger partial charge in [0.05, 0.1) is 11.2 Å². The highest BCUT2D eigenvalue weighted by molar-refractivity contribution is 7.15. The van der Waals surface area contributed by atoms with Crippen molar-refractivity contribution in [1.29, 1.82) is 0 Å². The summed E-state index contributed by atoms with van der Waals surface area (Å²) in [7, 11) is 0. The average molecular weight is 332 g/mol. The summed E-state index contributed by atoms with van der Waals surface area (Å²) in [5, 5.41) is 6.47. The Morgan fingerprint density at radius 3 is 2.87 bits per heavy atom. The topological polar surface area (TPSA) is 100 Å². The molecule has 7 nitrogen and oxygen atoms in total. The summed E-state index contributed by atoms with van der Waals surface area (Å²) >= 11 is 1.45. The summed E-state index contributed by atoms with van der Waals surface area (Å²) in [6, 6.07) is 4.69. The number of benzene rings is 1. The van der Waals surface area contributed by atoms with E-state index in [1.807, 2.05) is 13.8 Å². The number of amides is 1. The highest BCUT2D eigenvalue weighted by Crippen LogP contribution is 2.22. The van der Waals surface area contributed by atoms with Crippen LogP contribution < -0.4 is 16.4 Å². The van der Waals surface area contributed by atoms with Crippen LogP contribution in [0.5, 0.6) is 0 Å². The molecule has 3 aromatic rings. The van der Waals surface area contributed by atoms with Crippen LogP contribution in [0.15, 0.2) is 27.4 Å². The van der Waals surface area contributed by atoms with Gasteiger partial charge in [0.1, 0.15) is 6.04 Å². The zero-order valence-electron chi connectivity index (χ0n) is 12.9. The predicted molar refractivity (Wildman–Crippen MR) is 90.1 cm³/mol. The second-order valence-electron chi connectivity index (χ2n) is 5.24. The molecule has 8 heteroatoms. The van der Waals surface area contributed by atoms with Crippen molar-refractivity contribution in [3.63, 3.8) is 0 Å². The van der Waals surface area contributed by atoms with Gasteiger partial charge in [-0.1, -0.05) is 0 Å². The van der Waals surface area contributed by atoms with E-state index in [0.717, 1.165) is 10.6 Å². The highest BCUT2D eigenvalue weighted by Gasteiger charge is 2.15. The minimum atomic E-state index is -0.502. The van der Waals surface area contributed by atoms with Crippen LogP contribution in [-0.4, -0.2) is 21.9 Å². The van der Waals surface area contributed by atoms with Crippen LogP contribution in [0.4, 0.5) is 10.8 Å². The number of H-pyrrole nitrogens is 1.